The summed E-state index contributed by atoms with van der Waals surface area (Å²) >= 11 is 0. The van der Waals surface area contributed by atoms with Crippen molar-refractivity contribution in [2.75, 3.05) is 13.2 Å². The van der Waals surface area contributed by atoms with Crippen LogP contribution >= 0.6 is 0 Å². The molecular weight excluding hydrogens is 178 g/mol. The molecule has 0 aromatic carbocycles. The van der Waals surface area contributed by atoms with E-state index in [0.29, 0.717) is 5.73 Å². The van der Waals surface area contributed by atoms with Gasteiger partial charge in [-0.2, -0.15) is 0 Å². The van der Waals surface area contributed by atoms with Gasteiger partial charge in [0.25, 0.3) is 0 Å². The Morgan fingerprint density at radius 2 is 2.38 bits per heavy atom. The number of hydrogen-bond donors (Lipinski definition) is 1. The number of ether oxygens (including phenoxy) is 1. The molecular formula is C10H21NOSi. The van der Waals surface area contributed by atoms with Crippen LogP contribution in [-0.4, -0.2) is 33.0 Å². The Balaban J connectivity index is 2.43. The minimum Gasteiger partial charge on any atom is -0.378 e. The van der Waals surface area contributed by atoms with E-state index in [0.717, 1.165) is 19.6 Å². The fourth-order valence-corrected chi connectivity index (χ4v) is 4.26. The van der Waals surface area contributed by atoms with Crippen LogP contribution in [0.25, 0.3) is 0 Å². The van der Waals surface area contributed by atoms with Crippen LogP contribution in [-0.2, 0) is 4.74 Å². The van der Waals surface area contributed by atoms with Gasteiger partial charge >= 0.3 is 0 Å². The van der Waals surface area contributed by atoms with E-state index in [2.05, 4.69) is 12.6 Å². The van der Waals surface area contributed by atoms with Gasteiger partial charge in [0.1, 0.15) is 0 Å². The van der Waals surface area contributed by atoms with Crippen molar-refractivity contribution in [2.24, 2.45) is 5.73 Å². The van der Waals surface area contributed by atoms with Crippen molar-refractivity contribution >= 4 is 14.1 Å². The summed E-state index contributed by atoms with van der Waals surface area (Å²) in [5, 5.41) is 0. The van der Waals surface area contributed by atoms with Gasteiger partial charge in [0.05, 0.1) is 5.73 Å². The lowest BCUT2D eigenvalue weighted by atomic mass is 10.2. The Morgan fingerprint density at radius 3 is 2.92 bits per heavy atom. The molecule has 0 saturated carbocycles. The van der Waals surface area contributed by atoms with Crippen LogP contribution in [0.1, 0.15) is 32.6 Å². The Hall–Kier alpha value is 0.00688. The molecule has 1 unspecified atom stereocenters. The molecule has 0 amide bonds. The lowest BCUT2D eigenvalue weighted by Gasteiger charge is -2.24. The van der Waals surface area contributed by atoms with E-state index in [1.165, 1.54) is 25.3 Å². The lowest BCUT2D eigenvalue weighted by molar-refractivity contribution is 0.0644. The Labute approximate surface area is 82.7 Å². The summed E-state index contributed by atoms with van der Waals surface area (Å²) in [6.45, 7) is 4.05. The fraction of sp³-hybridized carbons (Fsp3) is 0.900. The van der Waals surface area contributed by atoms with Crippen molar-refractivity contribution in [3.63, 3.8) is 0 Å². The molecule has 2 N–H and O–H groups in total. The summed E-state index contributed by atoms with van der Waals surface area (Å²) in [6, 6.07) is 1.29. The molecule has 0 bridgehead atoms. The molecule has 13 heavy (non-hydrogen) atoms. The number of rotatable bonds is 4. The first-order chi connectivity index (χ1) is 6.38. The molecule has 1 rings (SSSR count). The van der Waals surface area contributed by atoms with E-state index in [4.69, 9.17) is 10.5 Å². The predicted molar refractivity (Wildman–Crippen MR) is 59.6 cm³/mol. The van der Waals surface area contributed by atoms with E-state index in [1.54, 1.807) is 0 Å². The third-order valence-electron chi connectivity index (χ3n) is 2.57. The molecule has 1 aliphatic heterocycles. The van der Waals surface area contributed by atoms with Gasteiger partial charge in [-0.05, 0) is 38.3 Å². The average molecular weight is 199 g/mol. The first kappa shape index (κ1) is 11.1. The van der Waals surface area contributed by atoms with Crippen molar-refractivity contribution in [1.82, 2.24) is 0 Å². The second kappa shape index (κ2) is 6.46. The van der Waals surface area contributed by atoms with E-state index < -0.39 is 0 Å². The summed E-state index contributed by atoms with van der Waals surface area (Å²) in [6.07, 6.45) is 4.97. The van der Waals surface area contributed by atoms with Crippen LogP contribution in [0.3, 0.4) is 0 Å². The quantitative estimate of drug-likeness (QED) is 0.694. The molecule has 1 aliphatic rings. The van der Waals surface area contributed by atoms with Gasteiger partial charge in [0.2, 0.25) is 0 Å². The summed E-state index contributed by atoms with van der Waals surface area (Å²) < 4.78 is 5.80. The molecule has 76 valence electrons. The molecule has 1 atom stereocenters. The summed E-state index contributed by atoms with van der Waals surface area (Å²) in [5.41, 5.74) is 8.53. The second-order valence-electron chi connectivity index (χ2n) is 3.57. The summed E-state index contributed by atoms with van der Waals surface area (Å²) in [5.74, 6) is 0. The standard InChI is InChI=1S/C10H21NOSi/c1-2-13(9-5-7-11)10-6-3-4-8-12-10/h9-10H,2-8,11H2,1H3. The topological polar surface area (TPSA) is 35.2 Å². The fourth-order valence-electron chi connectivity index (χ4n) is 1.81. The van der Waals surface area contributed by atoms with Crippen LogP contribution < -0.4 is 5.73 Å². The van der Waals surface area contributed by atoms with Crippen molar-refractivity contribution < 1.29 is 4.74 Å². The number of nitrogens with two attached hydrogens (primary N) is 1. The molecule has 0 radical (unpaired) electrons. The van der Waals surface area contributed by atoms with Gasteiger partial charge in [-0.1, -0.05) is 6.92 Å². The maximum atomic E-state index is 5.80. The third kappa shape index (κ3) is 3.71. The van der Waals surface area contributed by atoms with Crippen LogP contribution in [0.5, 0.6) is 0 Å². The highest BCUT2D eigenvalue weighted by molar-refractivity contribution is 6.67. The third-order valence-corrected chi connectivity index (χ3v) is 5.49. The minimum absolute atomic E-state index is 0.374. The maximum Gasteiger partial charge on any atom is 0.0620 e. The van der Waals surface area contributed by atoms with Crippen molar-refractivity contribution in [3.8, 4) is 0 Å². The number of hydrogen-bond acceptors (Lipinski definition) is 2. The van der Waals surface area contributed by atoms with E-state index >= 15 is 0 Å². The van der Waals surface area contributed by atoms with Crippen LogP contribution in [0.2, 0.25) is 6.04 Å². The molecule has 3 heteroatoms. The van der Waals surface area contributed by atoms with Gasteiger partial charge in [-0.15, -0.1) is 5.67 Å². The molecule has 0 aliphatic carbocycles. The zero-order valence-electron chi connectivity index (χ0n) is 8.59. The highest BCUT2D eigenvalue weighted by atomic mass is 28.2. The molecule has 1 saturated heterocycles. The van der Waals surface area contributed by atoms with Gasteiger partial charge < -0.3 is 10.5 Å². The second-order valence-corrected chi connectivity index (χ2v) is 6.47. The summed E-state index contributed by atoms with van der Waals surface area (Å²) in [4.78, 5) is 0. The largest absolute Gasteiger partial charge is 0.378 e. The summed E-state index contributed by atoms with van der Waals surface area (Å²) in [7, 11) is -0.374. The highest BCUT2D eigenvalue weighted by Crippen LogP contribution is 2.14. The maximum absolute atomic E-state index is 5.80. The zero-order chi connectivity index (χ0) is 9.52. The lowest BCUT2D eigenvalue weighted by Crippen LogP contribution is -2.31. The Morgan fingerprint density at radius 1 is 1.54 bits per heavy atom. The SMILES string of the molecule is CC[Si](=CCCN)C1CCCCO1. The van der Waals surface area contributed by atoms with Gasteiger partial charge in [-0.25, -0.2) is 0 Å². The zero-order valence-corrected chi connectivity index (χ0v) is 9.59. The minimum atomic E-state index is -0.374. The van der Waals surface area contributed by atoms with Crippen molar-refractivity contribution in [2.45, 2.75) is 44.4 Å². The monoisotopic (exact) mass is 199 g/mol. The average Bonchev–Trinajstić information content (AvgIpc) is 2.21. The van der Waals surface area contributed by atoms with E-state index in [1.807, 2.05) is 0 Å². The molecule has 2 nitrogen and oxygen atoms in total. The first-order valence-corrected chi connectivity index (χ1v) is 7.25. The van der Waals surface area contributed by atoms with Gasteiger partial charge in [-0.3, -0.25) is 0 Å². The van der Waals surface area contributed by atoms with Crippen LogP contribution in [0.15, 0.2) is 0 Å². The normalized spacial score (nSPS) is 24.8. The molecule has 1 fully saturated rings. The Kier molecular flexibility index (Phi) is 5.51. The molecule has 0 aromatic rings. The highest BCUT2D eigenvalue weighted by Gasteiger charge is 2.17. The van der Waals surface area contributed by atoms with E-state index in [9.17, 15) is 0 Å². The Bertz CT molecular complexity index is 164. The van der Waals surface area contributed by atoms with Crippen LogP contribution in [0.4, 0.5) is 0 Å². The van der Waals surface area contributed by atoms with Crippen molar-refractivity contribution in [1.29, 1.82) is 0 Å². The van der Waals surface area contributed by atoms with Gasteiger partial charge in [0, 0.05) is 15.0 Å². The predicted octanol–water partition coefficient (Wildman–Crippen LogP) is 1.34. The first-order valence-electron chi connectivity index (χ1n) is 5.39. The molecule has 0 spiro atoms. The van der Waals surface area contributed by atoms with Crippen molar-refractivity contribution in [3.05, 3.63) is 0 Å². The van der Waals surface area contributed by atoms with E-state index in [-0.39, 0.29) is 8.41 Å². The molecule has 0 aromatic heterocycles. The molecule has 1 heterocycles. The van der Waals surface area contributed by atoms with Crippen LogP contribution in [0, 0.1) is 0 Å². The van der Waals surface area contributed by atoms with Gasteiger partial charge in [0.15, 0.2) is 0 Å². The smallest absolute Gasteiger partial charge is 0.0620 e.